The van der Waals surface area contributed by atoms with E-state index in [9.17, 15) is 0 Å². The van der Waals surface area contributed by atoms with Gasteiger partial charge in [-0.1, -0.05) is 6.08 Å². The molecule has 0 aromatic heterocycles. The molecule has 4 atom stereocenters. The molecular weight excluding hydrogens is 234 g/mol. The second-order valence-electron chi connectivity index (χ2n) is 6.11. The monoisotopic (exact) mass is 255 g/mol. The van der Waals surface area contributed by atoms with Crippen molar-refractivity contribution in [2.45, 2.75) is 63.6 Å². The Morgan fingerprint density at radius 2 is 1.72 bits per heavy atom. The van der Waals surface area contributed by atoms with E-state index >= 15 is 0 Å². The van der Waals surface area contributed by atoms with Crippen LogP contribution in [0, 0.1) is 0 Å². The molecule has 1 aliphatic carbocycles. The van der Waals surface area contributed by atoms with E-state index in [1.165, 1.54) is 0 Å². The van der Waals surface area contributed by atoms with Crippen LogP contribution in [0.2, 0.25) is 0 Å². The van der Waals surface area contributed by atoms with Crippen LogP contribution in [0.1, 0.15) is 27.7 Å². The molecule has 2 fully saturated rings. The maximum atomic E-state index is 6.12. The zero-order valence-electron chi connectivity index (χ0n) is 11.3. The first-order chi connectivity index (χ1) is 8.27. The Morgan fingerprint density at radius 1 is 1.06 bits per heavy atom. The van der Waals surface area contributed by atoms with E-state index in [0.29, 0.717) is 6.61 Å². The number of ether oxygens (including phenoxy) is 4. The van der Waals surface area contributed by atoms with Crippen LogP contribution in [0.25, 0.3) is 0 Å². The predicted octanol–water partition coefficient (Wildman–Crippen LogP) is 0.925. The van der Waals surface area contributed by atoms with Crippen LogP contribution in [0.4, 0.5) is 0 Å². The molecule has 2 saturated heterocycles. The number of rotatable bonds is 0. The van der Waals surface area contributed by atoms with Crippen LogP contribution in [0.3, 0.4) is 0 Å². The summed E-state index contributed by atoms with van der Waals surface area (Å²) < 4.78 is 23.5. The zero-order chi connectivity index (χ0) is 13.1. The molecule has 0 bridgehead atoms. The number of hydrogen-bond donors (Lipinski definition) is 1. The standard InChI is InChI=1S/C13H21NO4/c1-12(2)15-6-7-5-8(14)10-11(9(7)16-12)18-13(3,4)17-10/h5,8-11H,6,14H2,1-4H3/t8-,9+,10+,11-/m0/s1. The van der Waals surface area contributed by atoms with Crippen LogP contribution in [-0.2, 0) is 18.9 Å². The summed E-state index contributed by atoms with van der Waals surface area (Å²) in [5.74, 6) is -1.20. The summed E-state index contributed by atoms with van der Waals surface area (Å²) in [7, 11) is 0. The second-order valence-corrected chi connectivity index (χ2v) is 6.11. The molecule has 0 amide bonds. The summed E-state index contributed by atoms with van der Waals surface area (Å²) in [6, 6.07) is -0.170. The lowest BCUT2D eigenvalue weighted by molar-refractivity contribution is -0.273. The normalized spacial score (nSPS) is 45.1. The van der Waals surface area contributed by atoms with Crippen LogP contribution in [0.15, 0.2) is 11.6 Å². The molecule has 0 unspecified atom stereocenters. The van der Waals surface area contributed by atoms with Crippen molar-refractivity contribution in [3.63, 3.8) is 0 Å². The quantitative estimate of drug-likeness (QED) is 0.652. The lowest BCUT2D eigenvalue weighted by Crippen LogP contribution is -2.56. The van der Waals surface area contributed by atoms with Crippen molar-refractivity contribution in [1.82, 2.24) is 0 Å². The van der Waals surface area contributed by atoms with Gasteiger partial charge in [0.1, 0.15) is 18.3 Å². The van der Waals surface area contributed by atoms with E-state index < -0.39 is 11.6 Å². The zero-order valence-corrected chi connectivity index (χ0v) is 11.3. The van der Waals surface area contributed by atoms with Gasteiger partial charge >= 0.3 is 0 Å². The molecule has 2 heterocycles. The van der Waals surface area contributed by atoms with Gasteiger partial charge in [-0.25, -0.2) is 0 Å². The lowest BCUT2D eigenvalue weighted by Gasteiger charge is -2.43. The van der Waals surface area contributed by atoms with Gasteiger partial charge in [0.25, 0.3) is 0 Å². The van der Waals surface area contributed by atoms with Gasteiger partial charge in [-0.3, -0.25) is 0 Å². The van der Waals surface area contributed by atoms with Gasteiger partial charge in [0.15, 0.2) is 11.6 Å². The summed E-state index contributed by atoms with van der Waals surface area (Å²) in [5.41, 5.74) is 7.18. The highest BCUT2D eigenvalue weighted by molar-refractivity contribution is 5.25. The van der Waals surface area contributed by atoms with Crippen LogP contribution in [0.5, 0.6) is 0 Å². The average Bonchev–Trinajstić information content (AvgIpc) is 2.56. The third-order valence-electron chi connectivity index (χ3n) is 3.61. The van der Waals surface area contributed by atoms with E-state index in [2.05, 4.69) is 0 Å². The van der Waals surface area contributed by atoms with Crippen molar-refractivity contribution in [3.8, 4) is 0 Å². The summed E-state index contributed by atoms with van der Waals surface area (Å²) >= 11 is 0. The fourth-order valence-electron chi connectivity index (χ4n) is 2.87. The first-order valence-electron chi connectivity index (χ1n) is 6.41. The Labute approximate surface area is 107 Å². The Hall–Kier alpha value is -0.460. The highest BCUT2D eigenvalue weighted by Gasteiger charge is 2.53. The first kappa shape index (κ1) is 12.6. The van der Waals surface area contributed by atoms with Gasteiger partial charge in [-0.2, -0.15) is 0 Å². The van der Waals surface area contributed by atoms with Gasteiger partial charge in [0.2, 0.25) is 0 Å². The van der Waals surface area contributed by atoms with Crippen molar-refractivity contribution in [1.29, 1.82) is 0 Å². The molecule has 5 heteroatoms. The Balaban J connectivity index is 1.91. The highest BCUT2D eigenvalue weighted by atomic mass is 16.8. The SMILES string of the molecule is CC1(C)O[C@@H]2[C@H](O1)[C@@H](N)C=C1COC(C)(C)O[C@H]12. The van der Waals surface area contributed by atoms with Gasteiger partial charge in [-0.15, -0.1) is 0 Å². The average molecular weight is 255 g/mol. The van der Waals surface area contributed by atoms with Crippen LogP contribution in [-0.4, -0.2) is 42.5 Å². The Bertz CT molecular complexity index is 390. The van der Waals surface area contributed by atoms with Crippen molar-refractivity contribution < 1.29 is 18.9 Å². The van der Waals surface area contributed by atoms with E-state index in [4.69, 9.17) is 24.7 Å². The molecule has 3 aliphatic rings. The molecule has 0 saturated carbocycles. The minimum Gasteiger partial charge on any atom is -0.346 e. The molecule has 0 aromatic carbocycles. The molecule has 102 valence electrons. The summed E-state index contributed by atoms with van der Waals surface area (Å²) in [6.07, 6.45) is 1.56. The minimum atomic E-state index is -0.609. The summed E-state index contributed by atoms with van der Waals surface area (Å²) in [6.45, 7) is 8.17. The van der Waals surface area contributed by atoms with Crippen molar-refractivity contribution in [3.05, 3.63) is 11.6 Å². The van der Waals surface area contributed by atoms with Crippen molar-refractivity contribution in [2.75, 3.05) is 6.61 Å². The Kier molecular flexibility index (Phi) is 2.63. The fraction of sp³-hybridized carbons (Fsp3) is 0.846. The third kappa shape index (κ3) is 2.00. The summed E-state index contributed by atoms with van der Waals surface area (Å²) in [5, 5.41) is 0. The minimum absolute atomic E-state index is 0.125. The van der Waals surface area contributed by atoms with E-state index in [1.54, 1.807) is 0 Å². The molecular formula is C13H21NO4. The number of fused-ring (bicyclic) bond motifs is 3. The van der Waals surface area contributed by atoms with Crippen LogP contribution >= 0.6 is 0 Å². The topological polar surface area (TPSA) is 62.9 Å². The fourth-order valence-corrected chi connectivity index (χ4v) is 2.87. The number of nitrogens with two attached hydrogens (primary N) is 1. The molecule has 0 radical (unpaired) electrons. The van der Waals surface area contributed by atoms with E-state index in [-0.39, 0.29) is 24.4 Å². The molecule has 0 aromatic rings. The molecule has 0 spiro atoms. The predicted molar refractivity (Wildman–Crippen MR) is 64.8 cm³/mol. The van der Waals surface area contributed by atoms with Gasteiger partial charge in [0, 0.05) is 0 Å². The summed E-state index contributed by atoms with van der Waals surface area (Å²) in [4.78, 5) is 0. The molecule has 2 aliphatic heterocycles. The Morgan fingerprint density at radius 3 is 2.44 bits per heavy atom. The van der Waals surface area contributed by atoms with Crippen molar-refractivity contribution in [2.24, 2.45) is 5.73 Å². The third-order valence-corrected chi connectivity index (χ3v) is 3.61. The van der Waals surface area contributed by atoms with E-state index in [1.807, 2.05) is 33.8 Å². The largest absolute Gasteiger partial charge is 0.346 e. The lowest BCUT2D eigenvalue weighted by atomic mass is 9.88. The second kappa shape index (κ2) is 3.77. The smallest absolute Gasteiger partial charge is 0.164 e. The highest BCUT2D eigenvalue weighted by Crippen LogP contribution is 2.41. The maximum absolute atomic E-state index is 6.12. The molecule has 5 nitrogen and oxygen atoms in total. The first-order valence-corrected chi connectivity index (χ1v) is 6.41. The van der Waals surface area contributed by atoms with Gasteiger partial charge in [0.05, 0.1) is 12.6 Å². The van der Waals surface area contributed by atoms with Gasteiger partial charge < -0.3 is 24.7 Å². The van der Waals surface area contributed by atoms with Crippen molar-refractivity contribution >= 4 is 0 Å². The van der Waals surface area contributed by atoms with Crippen LogP contribution < -0.4 is 5.73 Å². The van der Waals surface area contributed by atoms with E-state index in [0.717, 1.165) is 5.57 Å². The molecule has 3 rings (SSSR count). The molecule has 18 heavy (non-hydrogen) atoms. The molecule has 2 N–H and O–H groups in total. The number of hydrogen-bond acceptors (Lipinski definition) is 5. The maximum Gasteiger partial charge on any atom is 0.164 e. The van der Waals surface area contributed by atoms with Gasteiger partial charge in [-0.05, 0) is 33.3 Å².